The van der Waals surface area contributed by atoms with Gasteiger partial charge in [-0.15, -0.1) is 10.2 Å². The summed E-state index contributed by atoms with van der Waals surface area (Å²) in [6.45, 7) is 0. The molecule has 0 spiro atoms. The lowest BCUT2D eigenvalue weighted by molar-refractivity contribution is 0.102. The van der Waals surface area contributed by atoms with Crippen LogP contribution in [0.3, 0.4) is 0 Å². The summed E-state index contributed by atoms with van der Waals surface area (Å²) in [6.07, 6.45) is 0. The summed E-state index contributed by atoms with van der Waals surface area (Å²) in [6, 6.07) is 10.4. The average molecular weight is 456 g/mol. The van der Waals surface area contributed by atoms with Crippen molar-refractivity contribution in [2.75, 3.05) is 19.5 Å². The SMILES string of the molecule is COc1cccc(C(=O)Nc2nnc(SCc3c(Cl)cccc3Cl)s2)c1OC. The molecule has 0 aliphatic carbocycles. The number of para-hydroxylation sites is 1. The van der Waals surface area contributed by atoms with Crippen LogP contribution in [0.15, 0.2) is 40.7 Å². The van der Waals surface area contributed by atoms with Crippen molar-refractivity contribution in [2.24, 2.45) is 0 Å². The van der Waals surface area contributed by atoms with Gasteiger partial charge in [0.25, 0.3) is 5.91 Å². The highest BCUT2D eigenvalue weighted by Gasteiger charge is 2.18. The van der Waals surface area contributed by atoms with Crippen molar-refractivity contribution in [3.63, 3.8) is 0 Å². The highest BCUT2D eigenvalue weighted by molar-refractivity contribution is 8.00. The molecule has 1 N–H and O–H groups in total. The number of hydrogen-bond donors (Lipinski definition) is 1. The molecule has 0 aliphatic heterocycles. The molecule has 0 fully saturated rings. The first kappa shape index (κ1) is 20.7. The van der Waals surface area contributed by atoms with Gasteiger partial charge in [-0.25, -0.2) is 0 Å². The number of carbonyl (C=O) groups excluding carboxylic acids is 1. The van der Waals surface area contributed by atoms with Gasteiger partial charge in [0.05, 0.1) is 19.8 Å². The predicted molar refractivity (Wildman–Crippen MR) is 113 cm³/mol. The molecule has 28 heavy (non-hydrogen) atoms. The van der Waals surface area contributed by atoms with Crippen LogP contribution in [0.25, 0.3) is 0 Å². The highest BCUT2D eigenvalue weighted by atomic mass is 35.5. The Morgan fingerprint density at radius 1 is 1.11 bits per heavy atom. The quantitative estimate of drug-likeness (QED) is 0.379. The predicted octanol–water partition coefficient (Wildman–Crippen LogP) is 5.41. The van der Waals surface area contributed by atoms with Crippen molar-refractivity contribution in [1.82, 2.24) is 10.2 Å². The van der Waals surface area contributed by atoms with E-state index in [1.165, 1.54) is 37.3 Å². The second-order valence-corrected chi connectivity index (χ2v) is 8.37. The zero-order valence-corrected chi connectivity index (χ0v) is 18.0. The van der Waals surface area contributed by atoms with E-state index in [-0.39, 0.29) is 5.91 Å². The van der Waals surface area contributed by atoms with E-state index in [1.54, 1.807) is 36.4 Å². The van der Waals surface area contributed by atoms with Gasteiger partial charge in [-0.05, 0) is 29.8 Å². The summed E-state index contributed by atoms with van der Waals surface area (Å²) < 4.78 is 11.2. The maximum absolute atomic E-state index is 12.6. The minimum atomic E-state index is -0.363. The van der Waals surface area contributed by atoms with Gasteiger partial charge in [0, 0.05) is 15.8 Å². The number of methoxy groups -OCH3 is 2. The molecule has 2 aromatic carbocycles. The fourth-order valence-electron chi connectivity index (χ4n) is 2.35. The van der Waals surface area contributed by atoms with Gasteiger partial charge in [0.2, 0.25) is 5.13 Å². The van der Waals surface area contributed by atoms with Crippen molar-refractivity contribution in [3.05, 3.63) is 57.6 Å². The van der Waals surface area contributed by atoms with Crippen LogP contribution in [-0.4, -0.2) is 30.3 Å². The van der Waals surface area contributed by atoms with Crippen molar-refractivity contribution in [3.8, 4) is 11.5 Å². The van der Waals surface area contributed by atoms with Crippen molar-refractivity contribution < 1.29 is 14.3 Å². The molecule has 10 heteroatoms. The Hall–Kier alpha value is -2.00. The van der Waals surface area contributed by atoms with Crippen LogP contribution in [-0.2, 0) is 5.75 Å². The number of nitrogens with zero attached hydrogens (tertiary/aromatic N) is 2. The van der Waals surface area contributed by atoms with E-state index < -0.39 is 0 Å². The zero-order valence-electron chi connectivity index (χ0n) is 14.9. The Balaban J connectivity index is 1.69. The fraction of sp³-hybridized carbons (Fsp3) is 0.167. The van der Waals surface area contributed by atoms with Gasteiger partial charge in [-0.3, -0.25) is 10.1 Å². The van der Waals surface area contributed by atoms with Crippen LogP contribution in [0.5, 0.6) is 11.5 Å². The molecule has 0 saturated heterocycles. The lowest BCUT2D eigenvalue weighted by atomic mass is 10.1. The molecule has 0 radical (unpaired) electrons. The Morgan fingerprint density at radius 2 is 1.82 bits per heavy atom. The number of hydrogen-bond acceptors (Lipinski definition) is 7. The number of halogens is 2. The molecule has 1 aromatic heterocycles. The molecule has 0 bridgehead atoms. The largest absolute Gasteiger partial charge is 0.493 e. The van der Waals surface area contributed by atoms with E-state index in [9.17, 15) is 4.79 Å². The normalized spacial score (nSPS) is 10.6. The van der Waals surface area contributed by atoms with Crippen LogP contribution < -0.4 is 14.8 Å². The van der Waals surface area contributed by atoms with Crippen molar-refractivity contribution in [1.29, 1.82) is 0 Å². The van der Waals surface area contributed by atoms with Gasteiger partial charge in [0.15, 0.2) is 15.8 Å². The van der Waals surface area contributed by atoms with E-state index >= 15 is 0 Å². The molecule has 0 unspecified atom stereocenters. The second-order valence-electron chi connectivity index (χ2n) is 5.36. The smallest absolute Gasteiger partial charge is 0.261 e. The number of thioether (sulfide) groups is 1. The van der Waals surface area contributed by atoms with E-state index in [0.717, 1.165) is 5.56 Å². The summed E-state index contributed by atoms with van der Waals surface area (Å²) in [4.78, 5) is 12.6. The Labute approximate surface area is 180 Å². The second kappa shape index (κ2) is 9.47. The number of rotatable bonds is 7. The molecule has 1 amide bonds. The standard InChI is InChI=1S/C18H15Cl2N3O3S2/c1-25-14-8-3-5-10(15(14)26-2)16(24)21-17-22-23-18(28-17)27-9-11-12(19)6-4-7-13(11)20/h3-8H,9H2,1-2H3,(H,21,22,24). The number of nitrogens with one attached hydrogen (secondary N) is 1. The first-order chi connectivity index (χ1) is 13.5. The third-order valence-electron chi connectivity index (χ3n) is 3.68. The molecular formula is C18H15Cl2N3O3S2. The third-order valence-corrected chi connectivity index (χ3v) is 6.38. The molecule has 3 aromatic rings. The first-order valence-corrected chi connectivity index (χ1v) is 10.5. The van der Waals surface area contributed by atoms with Gasteiger partial charge < -0.3 is 9.47 Å². The van der Waals surface area contributed by atoms with Crippen molar-refractivity contribution >= 4 is 57.3 Å². The molecular weight excluding hydrogens is 441 g/mol. The minimum absolute atomic E-state index is 0.342. The van der Waals surface area contributed by atoms with Crippen molar-refractivity contribution in [2.45, 2.75) is 10.1 Å². The molecule has 0 atom stereocenters. The number of benzene rings is 2. The first-order valence-electron chi connectivity index (χ1n) is 7.95. The Kier molecular flexibility index (Phi) is 7.01. The minimum Gasteiger partial charge on any atom is -0.493 e. The maximum atomic E-state index is 12.6. The molecule has 146 valence electrons. The van der Waals surface area contributed by atoms with Crippen LogP contribution in [0.4, 0.5) is 5.13 Å². The summed E-state index contributed by atoms with van der Waals surface area (Å²) in [7, 11) is 2.99. The lowest BCUT2D eigenvalue weighted by Crippen LogP contribution is -2.13. The molecule has 1 heterocycles. The number of anilines is 1. The molecule has 6 nitrogen and oxygen atoms in total. The monoisotopic (exact) mass is 455 g/mol. The van der Waals surface area contributed by atoms with E-state index in [0.29, 0.717) is 42.3 Å². The zero-order chi connectivity index (χ0) is 20.1. The van der Waals surface area contributed by atoms with Gasteiger partial charge in [-0.1, -0.05) is 58.4 Å². The number of aromatic nitrogens is 2. The molecule has 0 saturated carbocycles. The molecule has 0 aliphatic rings. The summed E-state index contributed by atoms with van der Waals surface area (Å²) in [5.41, 5.74) is 1.17. The van der Waals surface area contributed by atoms with Crippen LogP contribution >= 0.6 is 46.3 Å². The van der Waals surface area contributed by atoms with Gasteiger partial charge in [0.1, 0.15) is 0 Å². The Morgan fingerprint density at radius 3 is 2.50 bits per heavy atom. The van der Waals surface area contributed by atoms with Gasteiger partial charge in [-0.2, -0.15) is 0 Å². The third kappa shape index (κ3) is 4.70. The number of ether oxygens (including phenoxy) is 2. The van der Waals surface area contributed by atoms with E-state index in [2.05, 4.69) is 15.5 Å². The highest BCUT2D eigenvalue weighted by Crippen LogP contribution is 2.35. The summed E-state index contributed by atoms with van der Waals surface area (Å²) in [5, 5.41) is 12.4. The number of carbonyl (C=O) groups is 1. The number of amides is 1. The van der Waals surface area contributed by atoms with Crippen LogP contribution in [0.1, 0.15) is 15.9 Å². The van der Waals surface area contributed by atoms with E-state index in [4.69, 9.17) is 32.7 Å². The Bertz CT molecular complexity index is 978. The molecule has 3 rings (SSSR count). The topological polar surface area (TPSA) is 73.3 Å². The fourth-order valence-corrected chi connectivity index (χ4v) is 4.84. The van der Waals surface area contributed by atoms with E-state index in [1.807, 2.05) is 0 Å². The lowest BCUT2D eigenvalue weighted by Gasteiger charge is -2.11. The van der Waals surface area contributed by atoms with Crippen LogP contribution in [0, 0.1) is 0 Å². The maximum Gasteiger partial charge on any atom is 0.261 e. The van der Waals surface area contributed by atoms with Gasteiger partial charge >= 0.3 is 0 Å². The average Bonchev–Trinajstić information content (AvgIpc) is 3.14. The summed E-state index contributed by atoms with van der Waals surface area (Å²) in [5.74, 6) is 1.01. The van der Waals surface area contributed by atoms with Crippen LogP contribution in [0.2, 0.25) is 10.0 Å². The summed E-state index contributed by atoms with van der Waals surface area (Å²) >= 11 is 15.1.